The van der Waals surface area contributed by atoms with Gasteiger partial charge >= 0.3 is 6.09 Å². The summed E-state index contributed by atoms with van der Waals surface area (Å²) in [4.78, 5) is 29.6. The van der Waals surface area contributed by atoms with E-state index in [1.54, 1.807) is 6.92 Å². The van der Waals surface area contributed by atoms with Crippen LogP contribution in [0.15, 0.2) is 18.2 Å². The van der Waals surface area contributed by atoms with Crippen LogP contribution in [0.1, 0.15) is 41.4 Å². The minimum absolute atomic E-state index is 0.00973. The van der Waals surface area contributed by atoms with Gasteiger partial charge < -0.3 is 19.9 Å². The Morgan fingerprint density at radius 3 is 2.92 bits per heavy atom. The third-order valence-corrected chi connectivity index (χ3v) is 4.86. The summed E-state index contributed by atoms with van der Waals surface area (Å²) in [6.07, 6.45) is 1.31. The number of aryl methyl sites for hydroxylation is 2. The van der Waals surface area contributed by atoms with Crippen LogP contribution >= 0.6 is 0 Å². The lowest BCUT2D eigenvalue weighted by molar-refractivity contribution is 0.0686. The molecule has 2 aromatic rings. The summed E-state index contributed by atoms with van der Waals surface area (Å²) in [6, 6.07) is 5.72. The fraction of sp³-hybridized carbons (Fsp3) is 0.474. The number of nitrogens with one attached hydrogen (secondary N) is 2. The Labute approximate surface area is 147 Å². The van der Waals surface area contributed by atoms with Crippen LogP contribution in [0.25, 0.3) is 10.9 Å². The zero-order valence-corrected chi connectivity index (χ0v) is 15.0. The minimum Gasteiger partial charge on any atom is -0.450 e. The van der Waals surface area contributed by atoms with Gasteiger partial charge in [-0.25, -0.2) is 4.79 Å². The second kappa shape index (κ2) is 7.17. The molecule has 1 aromatic carbocycles. The molecular weight excluding hydrogens is 318 g/mol. The van der Waals surface area contributed by atoms with Gasteiger partial charge in [0.25, 0.3) is 5.91 Å². The predicted molar refractivity (Wildman–Crippen MR) is 96.9 cm³/mol. The minimum atomic E-state index is -0.415. The van der Waals surface area contributed by atoms with Crippen molar-refractivity contribution in [3.8, 4) is 0 Å². The van der Waals surface area contributed by atoms with Gasteiger partial charge in [0.1, 0.15) is 0 Å². The van der Waals surface area contributed by atoms with Crippen molar-refractivity contribution in [1.29, 1.82) is 0 Å². The average Bonchev–Trinajstić information content (AvgIpc) is 2.88. The number of hydrogen-bond acceptors (Lipinski definition) is 3. The molecule has 1 aliphatic rings. The molecule has 1 atom stereocenters. The highest BCUT2D eigenvalue weighted by molar-refractivity contribution is 5.99. The van der Waals surface area contributed by atoms with Gasteiger partial charge in [0, 0.05) is 41.3 Å². The van der Waals surface area contributed by atoms with E-state index in [0.29, 0.717) is 25.3 Å². The third-order valence-electron chi connectivity index (χ3n) is 4.86. The molecule has 1 aromatic heterocycles. The van der Waals surface area contributed by atoms with Crippen LogP contribution in [-0.4, -0.2) is 47.6 Å². The van der Waals surface area contributed by atoms with E-state index < -0.39 is 6.09 Å². The van der Waals surface area contributed by atoms with Crippen molar-refractivity contribution in [3.05, 3.63) is 35.0 Å². The summed E-state index contributed by atoms with van der Waals surface area (Å²) in [6.45, 7) is 7.44. The van der Waals surface area contributed by atoms with Gasteiger partial charge in [-0.1, -0.05) is 0 Å². The number of H-pyrrole nitrogens is 1. The molecule has 6 nitrogen and oxygen atoms in total. The number of benzene rings is 1. The molecule has 2 amide bonds. The maximum atomic E-state index is 12.9. The topological polar surface area (TPSA) is 74.4 Å². The van der Waals surface area contributed by atoms with Crippen LogP contribution in [-0.2, 0) is 4.74 Å². The van der Waals surface area contributed by atoms with Gasteiger partial charge in [0.15, 0.2) is 0 Å². The van der Waals surface area contributed by atoms with Gasteiger partial charge in [-0.2, -0.15) is 0 Å². The zero-order chi connectivity index (χ0) is 18.0. The molecule has 1 fully saturated rings. The number of amides is 2. The van der Waals surface area contributed by atoms with E-state index in [1.807, 2.05) is 30.0 Å². The molecule has 0 radical (unpaired) electrons. The maximum Gasteiger partial charge on any atom is 0.407 e. The van der Waals surface area contributed by atoms with E-state index in [2.05, 4.69) is 17.2 Å². The average molecular weight is 343 g/mol. The highest BCUT2D eigenvalue weighted by atomic mass is 16.5. The molecule has 1 saturated heterocycles. The second-order valence-electron chi connectivity index (χ2n) is 6.59. The van der Waals surface area contributed by atoms with Gasteiger partial charge in [0.2, 0.25) is 0 Å². The molecule has 2 heterocycles. The molecule has 0 aliphatic carbocycles. The molecule has 0 unspecified atom stereocenters. The van der Waals surface area contributed by atoms with Crippen LogP contribution < -0.4 is 5.32 Å². The molecule has 0 spiro atoms. The monoisotopic (exact) mass is 343 g/mol. The number of aromatic nitrogens is 1. The summed E-state index contributed by atoms with van der Waals surface area (Å²) in [5.41, 5.74) is 4.03. The van der Waals surface area contributed by atoms with E-state index in [0.717, 1.165) is 29.4 Å². The normalized spacial score (nSPS) is 17.6. The second-order valence-corrected chi connectivity index (χ2v) is 6.59. The van der Waals surface area contributed by atoms with E-state index in [-0.39, 0.29) is 11.9 Å². The highest BCUT2D eigenvalue weighted by Gasteiger charge is 2.26. The summed E-state index contributed by atoms with van der Waals surface area (Å²) >= 11 is 0. The van der Waals surface area contributed by atoms with Gasteiger partial charge in [-0.15, -0.1) is 0 Å². The lowest BCUT2D eigenvalue weighted by Gasteiger charge is -2.33. The van der Waals surface area contributed by atoms with E-state index in [4.69, 9.17) is 4.74 Å². The summed E-state index contributed by atoms with van der Waals surface area (Å²) in [5.74, 6) is 0.00973. The molecule has 0 bridgehead atoms. The number of fused-ring (bicyclic) bond motifs is 1. The fourth-order valence-corrected chi connectivity index (χ4v) is 3.40. The van der Waals surface area contributed by atoms with Gasteiger partial charge in [-0.3, -0.25) is 4.79 Å². The van der Waals surface area contributed by atoms with E-state index in [1.165, 1.54) is 5.56 Å². The number of ether oxygens (including phenoxy) is 1. The first kappa shape index (κ1) is 17.3. The van der Waals surface area contributed by atoms with Crippen molar-refractivity contribution < 1.29 is 14.3 Å². The zero-order valence-electron chi connectivity index (χ0n) is 15.0. The number of likely N-dealkylation sites (tertiary alicyclic amines) is 1. The Balaban J connectivity index is 1.73. The van der Waals surface area contributed by atoms with Crippen molar-refractivity contribution in [3.63, 3.8) is 0 Å². The SMILES string of the molecule is CCOC(=O)N[C@H]1CCCN(C(=O)c2ccc3[nH]c(C)c(C)c3c2)C1. The smallest absolute Gasteiger partial charge is 0.407 e. The van der Waals surface area contributed by atoms with Gasteiger partial charge in [-0.05, 0) is 57.4 Å². The Bertz CT molecular complexity index is 797. The van der Waals surface area contributed by atoms with Gasteiger partial charge in [0.05, 0.1) is 6.61 Å². The van der Waals surface area contributed by atoms with Crippen molar-refractivity contribution in [1.82, 2.24) is 15.2 Å². The molecule has 3 rings (SSSR count). The molecule has 25 heavy (non-hydrogen) atoms. The Morgan fingerprint density at radius 1 is 1.36 bits per heavy atom. The number of alkyl carbamates (subject to hydrolysis) is 1. The van der Waals surface area contributed by atoms with Crippen molar-refractivity contribution in [2.45, 2.75) is 39.7 Å². The van der Waals surface area contributed by atoms with Crippen molar-refractivity contribution in [2.24, 2.45) is 0 Å². The number of carbonyl (C=O) groups excluding carboxylic acids is 2. The molecule has 134 valence electrons. The van der Waals surface area contributed by atoms with Crippen LogP contribution in [0.3, 0.4) is 0 Å². The number of hydrogen-bond donors (Lipinski definition) is 2. The lowest BCUT2D eigenvalue weighted by Crippen LogP contribution is -2.49. The molecule has 6 heteroatoms. The fourth-order valence-electron chi connectivity index (χ4n) is 3.40. The van der Waals surface area contributed by atoms with Crippen LogP contribution in [0, 0.1) is 13.8 Å². The number of nitrogens with zero attached hydrogens (tertiary/aromatic N) is 1. The first-order chi connectivity index (χ1) is 12.0. The van der Waals surface area contributed by atoms with E-state index in [9.17, 15) is 9.59 Å². The van der Waals surface area contributed by atoms with Crippen LogP contribution in [0.2, 0.25) is 0 Å². The van der Waals surface area contributed by atoms with Crippen molar-refractivity contribution >= 4 is 22.9 Å². The Morgan fingerprint density at radius 2 is 2.16 bits per heavy atom. The summed E-state index contributed by atoms with van der Waals surface area (Å²) in [7, 11) is 0. The Hall–Kier alpha value is -2.50. The molecule has 1 aliphatic heterocycles. The quantitative estimate of drug-likeness (QED) is 0.899. The maximum absolute atomic E-state index is 12.9. The summed E-state index contributed by atoms with van der Waals surface area (Å²) < 4.78 is 4.93. The highest BCUT2D eigenvalue weighted by Crippen LogP contribution is 2.23. The lowest BCUT2D eigenvalue weighted by atomic mass is 10.0. The van der Waals surface area contributed by atoms with Crippen LogP contribution in [0.5, 0.6) is 0 Å². The summed E-state index contributed by atoms with van der Waals surface area (Å²) in [5, 5.41) is 3.92. The first-order valence-electron chi connectivity index (χ1n) is 8.81. The van der Waals surface area contributed by atoms with Crippen molar-refractivity contribution in [2.75, 3.05) is 19.7 Å². The number of rotatable bonds is 3. The number of aromatic amines is 1. The largest absolute Gasteiger partial charge is 0.450 e. The molecule has 2 N–H and O–H groups in total. The first-order valence-corrected chi connectivity index (χ1v) is 8.81. The number of piperidine rings is 1. The standard InChI is InChI=1S/C19H25N3O3/c1-4-25-19(24)21-15-6-5-9-22(11-15)18(23)14-7-8-17-16(10-14)12(2)13(3)20-17/h7-8,10,15,20H,4-6,9,11H2,1-3H3,(H,21,24)/t15-/m0/s1. The third kappa shape index (κ3) is 3.62. The Kier molecular flexibility index (Phi) is 4.97. The predicted octanol–water partition coefficient (Wildman–Crippen LogP) is 3.14. The van der Waals surface area contributed by atoms with E-state index >= 15 is 0 Å². The van der Waals surface area contributed by atoms with Crippen LogP contribution in [0.4, 0.5) is 4.79 Å². The molecular formula is C19H25N3O3. The number of carbonyl (C=O) groups is 2. The molecule has 0 saturated carbocycles.